The molecule has 1 unspecified atom stereocenters. The molecule has 0 radical (unpaired) electrons. The van der Waals surface area contributed by atoms with Gasteiger partial charge in [0.05, 0.1) is 19.5 Å². The van der Waals surface area contributed by atoms with Crippen molar-refractivity contribution < 1.29 is 13.9 Å². The summed E-state index contributed by atoms with van der Waals surface area (Å²) < 4.78 is 15.3. The molecule has 1 saturated heterocycles. The van der Waals surface area contributed by atoms with E-state index >= 15 is 0 Å². The number of hydrogen-bond acceptors (Lipinski definition) is 3. The summed E-state index contributed by atoms with van der Waals surface area (Å²) >= 11 is 0. The maximum Gasteiger partial charge on any atom is 0.129 e. The van der Waals surface area contributed by atoms with Gasteiger partial charge >= 0.3 is 0 Å². The number of hydrogen-bond donors (Lipinski definition) is 0. The van der Waals surface area contributed by atoms with Gasteiger partial charge in [0, 0.05) is 0 Å². The molecule has 3 heteroatoms. The summed E-state index contributed by atoms with van der Waals surface area (Å²) in [5, 5.41) is 0. The molecule has 0 N–H and O–H groups in total. The number of rotatable bonds is 4. The van der Waals surface area contributed by atoms with Gasteiger partial charge < -0.3 is 13.9 Å². The van der Waals surface area contributed by atoms with Crippen molar-refractivity contribution in [3.8, 4) is 0 Å². The molecule has 60 valence electrons. The maximum atomic E-state index is 5.28. The second-order valence-corrected chi connectivity index (χ2v) is 2.55. The third kappa shape index (κ3) is 2.06. The highest BCUT2D eigenvalue weighted by Crippen LogP contribution is 2.10. The van der Waals surface area contributed by atoms with Gasteiger partial charge in [0.15, 0.2) is 0 Å². The third-order valence-electron chi connectivity index (χ3n) is 1.53. The first-order valence-electron chi connectivity index (χ1n) is 3.67. The van der Waals surface area contributed by atoms with Crippen LogP contribution in [0.5, 0.6) is 0 Å². The minimum absolute atomic E-state index is 0.338. The number of furan rings is 1. The van der Waals surface area contributed by atoms with Gasteiger partial charge in [-0.15, -0.1) is 0 Å². The normalized spacial score (nSPS) is 22.0. The summed E-state index contributed by atoms with van der Waals surface area (Å²) in [5.41, 5.74) is 0. The Hall–Kier alpha value is -0.800. The van der Waals surface area contributed by atoms with Crippen LogP contribution in [0.3, 0.4) is 0 Å². The zero-order chi connectivity index (χ0) is 7.52. The smallest absolute Gasteiger partial charge is 0.129 e. The minimum atomic E-state index is 0.338. The molecule has 11 heavy (non-hydrogen) atoms. The van der Waals surface area contributed by atoms with E-state index in [1.807, 2.05) is 12.1 Å². The second kappa shape index (κ2) is 3.07. The van der Waals surface area contributed by atoms with Gasteiger partial charge in [-0.2, -0.15) is 0 Å². The van der Waals surface area contributed by atoms with Gasteiger partial charge in [0.1, 0.15) is 18.5 Å². The van der Waals surface area contributed by atoms with Crippen molar-refractivity contribution in [3.63, 3.8) is 0 Å². The van der Waals surface area contributed by atoms with E-state index in [0.29, 0.717) is 19.3 Å². The second-order valence-electron chi connectivity index (χ2n) is 2.55. The number of epoxide rings is 1. The summed E-state index contributed by atoms with van der Waals surface area (Å²) in [5.74, 6) is 0.866. The topological polar surface area (TPSA) is 34.9 Å². The summed E-state index contributed by atoms with van der Waals surface area (Å²) in [6.07, 6.45) is 1.98. The summed E-state index contributed by atoms with van der Waals surface area (Å²) in [6, 6.07) is 3.75. The third-order valence-corrected chi connectivity index (χ3v) is 1.53. The lowest BCUT2D eigenvalue weighted by Crippen LogP contribution is -2.00. The molecule has 0 aromatic carbocycles. The molecule has 3 nitrogen and oxygen atoms in total. The molecule has 0 bridgehead atoms. The molecule has 2 heterocycles. The van der Waals surface area contributed by atoms with Crippen LogP contribution in [0.1, 0.15) is 5.76 Å². The zero-order valence-electron chi connectivity index (χ0n) is 6.16. The Bertz CT molecular complexity index is 201. The molecule has 1 aromatic heterocycles. The molecular weight excluding hydrogens is 144 g/mol. The fourth-order valence-corrected chi connectivity index (χ4v) is 0.850. The molecule has 0 aliphatic carbocycles. The Morgan fingerprint density at radius 1 is 1.64 bits per heavy atom. The van der Waals surface area contributed by atoms with Crippen molar-refractivity contribution >= 4 is 0 Å². The fourth-order valence-electron chi connectivity index (χ4n) is 0.850. The van der Waals surface area contributed by atoms with Crippen LogP contribution >= 0.6 is 0 Å². The van der Waals surface area contributed by atoms with E-state index in [1.54, 1.807) is 6.26 Å². The van der Waals surface area contributed by atoms with Crippen LogP contribution in [-0.2, 0) is 16.1 Å². The largest absolute Gasteiger partial charge is 0.467 e. The Kier molecular flexibility index (Phi) is 1.92. The predicted octanol–water partition coefficient (Wildman–Crippen LogP) is 1.20. The first-order chi connectivity index (χ1) is 5.45. The average molecular weight is 154 g/mol. The van der Waals surface area contributed by atoms with Crippen molar-refractivity contribution in [2.75, 3.05) is 13.2 Å². The van der Waals surface area contributed by atoms with Gasteiger partial charge in [-0.3, -0.25) is 0 Å². The monoisotopic (exact) mass is 154 g/mol. The summed E-state index contributed by atoms with van der Waals surface area (Å²) in [6.45, 7) is 2.08. The zero-order valence-corrected chi connectivity index (χ0v) is 6.16. The van der Waals surface area contributed by atoms with Crippen molar-refractivity contribution in [1.82, 2.24) is 0 Å². The van der Waals surface area contributed by atoms with Crippen LogP contribution in [0.4, 0.5) is 0 Å². The Balaban J connectivity index is 1.66. The molecule has 0 saturated carbocycles. The van der Waals surface area contributed by atoms with E-state index < -0.39 is 0 Å². The molecule has 1 atom stereocenters. The highest BCUT2D eigenvalue weighted by molar-refractivity contribution is 4.96. The van der Waals surface area contributed by atoms with Crippen LogP contribution in [0.25, 0.3) is 0 Å². The molecule has 1 aliphatic heterocycles. The van der Waals surface area contributed by atoms with E-state index in [2.05, 4.69) is 0 Å². The Morgan fingerprint density at radius 3 is 3.18 bits per heavy atom. The van der Waals surface area contributed by atoms with Crippen LogP contribution in [0.15, 0.2) is 22.8 Å². The van der Waals surface area contributed by atoms with E-state index in [1.165, 1.54) is 0 Å². The van der Waals surface area contributed by atoms with Crippen LogP contribution in [0.2, 0.25) is 0 Å². The van der Waals surface area contributed by atoms with Crippen molar-refractivity contribution in [2.24, 2.45) is 0 Å². The predicted molar refractivity (Wildman–Crippen MR) is 38.1 cm³/mol. The Labute approximate surface area is 64.9 Å². The minimum Gasteiger partial charge on any atom is -0.467 e. The van der Waals surface area contributed by atoms with Crippen molar-refractivity contribution in [1.29, 1.82) is 0 Å². The molecule has 1 aliphatic rings. The summed E-state index contributed by atoms with van der Waals surface area (Å²) in [4.78, 5) is 0. The Morgan fingerprint density at radius 2 is 2.55 bits per heavy atom. The van der Waals surface area contributed by atoms with E-state index in [4.69, 9.17) is 13.9 Å². The number of ether oxygens (including phenoxy) is 2. The first-order valence-corrected chi connectivity index (χ1v) is 3.67. The van der Waals surface area contributed by atoms with E-state index in [0.717, 1.165) is 12.4 Å². The van der Waals surface area contributed by atoms with Crippen LogP contribution in [0, 0.1) is 0 Å². The van der Waals surface area contributed by atoms with Crippen molar-refractivity contribution in [3.05, 3.63) is 24.2 Å². The highest BCUT2D eigenvalue weighted by Gasteiger charge is 2.22. The highest BCUT2D eigenvalue weighted by atomic mass is 16.6. The summed E-state index contributed by atoms with van der Waals surface area (Å²) in [7, 11) is 0. The van der Waals surface area contributed by atoms with Crippen LogP contribution in [-0.4, -0.2) is 19.3 Å². The maximum absolute atomic E-state index is 5.28. The molecule has 0 amide bonds. The lowest BCUT2D eigenvalue weighted by Gasteiger charge is -1.96. The average Bonchev–Trinajstić information content (AvgIpc) is 2.66. The molecule has 1 aromatic rings. The lowest BCUT2D eigenvalue weighted by atomic mass is 10.5. The fraction of sp³-hybridized carbons (Fsp3) is 0.500. The SMILES string of the molecule is c1coc(COCC2CO2)c1. The van der Waals surface area contributed by atoms with E-state index in [9.17, 15) is 0 Å². The first kappa shape index (κ1) is 6.88. The van der Waals surface area contributed by atoms with Crippen molar-refractivity contribution in [2.45, 2.75) is 12.7 Å². The van der Waals surface area contributed by atoms with Gasteiger partial charge in [-0.25, -0.2) is 0 Å². The standard InChI is InChI=1S/C8H10O3/c1-2-7(10-3-1)4-9-5-8-6-11-8/h1-3,8H,4-6H2. The van der Waals surface area contributed by atoms with Gasteiger partial charge in [0.2, 0.25) is 0 Å². The van der Waals surface area contributed by atoms with Crippen LogP contribution < -0.4 is 0 Å². The van der Waals surface area contributed by atoms with E-state index in [-0.39, 0.29) is 0 Å². The van der Waals surface area contributed by atoms with Gasteiger partial charge in [0.25, 0.3) is 0 Å². The lowest BCUT2D eigenvalue weighted by molar-refractivity contribution is 0.0914. The van der Waals surface area contributed by atoms with Gasteiger partial charge in [-0.05, 0) is 12.1 Å². The van der Waals surface area contributed by atoms with Gasteiger partial charge in [-0.1, -0.05) is 0 Å². The molecular formula is C8H10O3. The molecule has 2 rings (SSSR count). The quantitative estimate of drug-likeness (QED) is 0.611. The molecule has 1 fully saturated rings. The molecule has 0 spiro atoms.